The number of ether oxygens (including phenoxy) is 1. The molecule has 1 aliphatic carbocycles. The highest BCUT2D eigenvalue weighted by atomic mass is 32.1. The van der Waals surface area contributed by atoms with Crippen LogP contribution in [0.2, 0.25) is 0 Å². The maximum atomic E-state index is 14.8. The van der Waals surface area contributed by atoms with Crippen molar-refractivity contribution in [2.45, 2.75) is 69.8 Å². The van der Waals surface area contributed by atoms with Gasteiger partial charge in [-0.25, -0.2) is 19.2 Å². The molecule has 5 rings (SSSR count). The molecule has 1 saturated heterocycles. The molecular weight excluding hydrogens is 476 g/mol. The fraction of sp³-hybridized carbons (Fsp3) is 0.565. The summed E-state index contributed by atoms with van der Waals surface area (Å²) in [5.74, 6) is -0.262. The van der Waals surface area contributed by atoms with Crippen molar-refractivity contribution >= 4 is 38.5 Å². The molecule has 2 aromatic rings. The monoisotopic (exact) mass is 505 g/mol. The van der Waals surface area contributed by atoms with Gasteiger partial charge < -0.3 is 20.3 Å². The normalized spacial score (nSPS) is 23.0. The molecule has 1 spiro atoms. The number of fused-ring (bicyclic) bond motifs is 2. The number of nitrogens with zero attached hydrogens (tertiary/aromatic N) is 3. The Balaban J connectivity index is 1.33. The minimum atomic E-state index is -0.541. The summed E-state index contributed by atoms with van der Waals surface area (Å²) in [6.07, 6.45) is 3.37. The number of aromatic nitrogens is 2. The molecule has 8 nitrogen and oxygen atoms in total. The van der Waals surface area contributed by atoms with E-state index in [4.69, 9.17) is 4.74 Å². The molecule has 2 N–H and O–H groups in total. The van der Waals surface area contributed by atoms with E-state index in [1.165, 1.54) is 17.5 Å². The van der Waals surface area contributed by atoms with E-state index < -0.39 is 11.4 Å². The summed E-state index contributed by atoms with van der Waals surface area (Å²) in [7, 11) is 2.77. The molecule has 0 aromatic carbocycles. The van der Waals surface area contributed by atoms with Crippen LogP contribution in [-0.2, 0) is 10.3 Å². The second kappa shape index (κ2) is 8.12. The lowest BCUT2D eigenvalue weighted by molar-refractivity contribution is 0.0215. The summed E-state index contributed by atoms with van der Waals surface area (Å²) in [5, 5.41) is 6.39. The molecule has 3 aliphatic rings. The number of hydrogen-bond acceptors (Lipinski definition) is 7. The van der Waals surface area contributed by atoms with Crippen LogP contribution in [0.1, 0.15) is 60.8 Å². The number of hydrogen-bond donors (Lipinski definition) is 2. The van der Waals surface area contributed by atoms with E-state index in [2.05, 4.69) is 29.8 Å². The van der Waals surface area contributed by atoms with Gasteiger partial charge in [-0.05, 0) is 52.5 Å². The van der Waals surface area contributed by atoms with Crippen LogP contribution >= 0.6 is 20.6 Å². The van der Waals surface area contributed by atoms with Gasteiger partial charge in [-0.3, -0.25) is 4.79 Å². The van der Waals surface area contributed by atoms with Crippen molar-refractivity contribution in [2.24, 2.45) is 0 Å². The predicted molar refractivity (Wildman–Crippen MR) is 132 cm³/mol. The van der Waals surface area contributed by atoms with E-state index in [-0.39, 0.29) is 34.9 Å². The molecular formula is C23H29FN5O3PS. The van der Waals surface area contributed by atoms with Gasteiger partial charge in [0.25, 0.3) is 5.91 Å². The van der Waals surface area contributed by atoms with Crippen molar-refractivity contribution in [3.05, 3.63) is 28.0 Å². The Hall–Kier alpha value is -2.32. The fourth-order valence-electron chi connectivity index (χ4n) is 4.58. The maximum Gasteiger partial charge on any atom is 0.410 e. The van der Waals surface area contributed by atoms with Gasteiger partial charge in [0, 0.05) is 29.7 Å². The largest absolute Gasteiger partial charge is 0.444 e. The van der Waals surface area contributed by atoms with Crippen molar-refractivity contribution in [3.63, 3.8) is 0 Å². The first-order chi connectivity index (χ1) is 16.0. The van der Waals surface area contributed by atoms with E-state index in [0.717, 1.165) is 23.3 Å². The van der Waals surface area contributed by atoms with Crippen molar-refractivity contribution in [2.75, 3.05) is 18.4 Å². The van der Waals surface area contributed by atoms with Gasteiger partial charge >= 0.3 is 6.09 Å². The number of anilines is 1. The lowest BCUT2D eigenvalue weighted by Crippen LogP contribution is -2.50. The zero-order chi connectivity index (χ0) is 24.4. The van der Waals surface area contributed by atoms with Gasteiger partial charge in [0.2, 0.25) is 5.95 Å². The summed E-state index contributed by atoms with van der Waals surface area (Å²) in [5.41, 5.74) is 0.901. The lowest BCUT2D eigenvalue weighted by atomic mass is 10.0. The van der Waals surface area contributed by atoms with Crippen LogP contribution in [0.5, 0.6) is 0 Å². The first kappa shape index (κ1) is 23.4. The van der Waals surface area contributed by atoms with Crippen LogP contribution in [0.25, 0.3) is 10.6 Å². The molecule has 0 radical (unpaired) electrons. The van der Waals surface area contributed by atoms with E-state index in [1.54, 1.807) is 4.90 Å². The number of nitrogens with one attached hydrogen (secondary N) is 2. The number of amides is 2. The second-order valence-electron chi connectivity index (χ2n) is 10.3. The molecule has 2 amide bonds. The molecule has 2 aliphatic heterocycles. The number of likely N-dealkylation sites (tertiary alicyclic amines) is 1. The van der Waals surface area contributed by atoms with Crippen LogP contribution < -0.4 is 10.6 Å². The second-order valence-corrected chi connectivity index (χ2v) is 12.2. The number of piperidine rings is 1. The Bertz CT molecular complexity index is 1180. The third-order valence-corrected chi connectivity index (χ3v) is 8.67. The molecule has 34 heavy (non-hydrogen) atoms. The molecule has 3 atom stereocenters. The van der Waals surface area contributed by atoms with E-state index in [9.17, 15) is 14.0 Å². The highest BCUT2D eigenvalue weighted by Crippen LogP contribution is 2.56. The predicted octanol–water partition coefficient (Wildman–Crippen LogP) is 4.05. The van der Waals surface area contributed by atoms with Gasteiger partial charge in [0.05, 0.1) is 22.2 Å². The van der Waals surface area contributed by atoms with Crippen molar-refractivity contribution in [1.29, 1.82) is 0 Å². The number of halogens is 1. The van der Waals surface area contributed by atoms with E-state index in [1.807, 2.05) is 27.7 Å². The number of rotatable bonds is 3. The van der Waals surface area contributed by atoms with Gasteiger partial charge in [-0.1, -0.05) is 0 Å². The summed E-state index contributed by atoms with van der Waals surface area (Å²) >= 11 is 1.45. The van der Waals surface area contributed by atoms with Crippen LogP contribution in [0.15, 0.2) is 6.20 Å². The molecule has 182 valence electrons. The van der Waals surface area contributed by atoms with Gasteiger partial charge in [-0.2, -0.15) is 0 Å². The molecule has 1 saturated carbocycles. The molecule has 4 heterocycles. The van der Waals surface area contributed by atoms with Crippen LogP contribution in [0.3, 0.4) is 0 Å². The van der Waals surface area contributed by atoms with E-state index in [0.29, 0.717) is 35.9 Å². The Morgan fingerprint density at radius 1 is 1.41 bits per heavy atom. The number of carbonyl (C=O) groups is 2. The van der Waals surface area contributed by atoms with E-state index >= 15 is 0 Å². The third-order valence-electron chi connectivity index (χ3n) is 6.49. The van der Waals surface area contributed by atoms with Crippen molar-refractivity contribution < 1.29 is 18.7 Å². The topological polar surface area (TPSA) is 96.5 Å². The highest BCUT2D eigenvalue weighted by Gasteiger charge is 2.54. The van der Waals surface area contributed by atoms with Gasteiger partial charge in [0.15, 0.2) is 5.82 Å². The van der Waals surface area contributed by atoms with Gasteiger partial charge in [-0.15, -0.1) is 20.6 Å². The molecule has 2 aromatic heterocycles. The van der Waals surface area contributed by atoms with Crippen LogP contribution in [-0.4, -0.2) is 57.3 Å². The molecule has 11 heteroatoms. The lowest BCUT2D eigenvalue weighted by Gasteiger charge is -2.37. The number of carbonyl (C=O) groups excluding carboxylic acids is 2. The SMILES string of the molecule is Cc1c(-c2nc(NC3CCN(C(=O)OC(C)(C)C)CC3P)ncc2F)sc2c1C(=O)NC21CC1. The van der Waals surface area contributed by atoms with Crippen LogP contribution in [0.4, 0.5) is 15.1 Å². The Morgan fingerprint density at radius 2 is 2.15 bits per heavy atom. The first-order valence-electron chi connectivity index (χ1n) is 11.5. The highest BCUT2D eigenvalue weighted by molar-refractivity contribution is 7.17. The Labute approximate surface area is 204 Å². The Morgan fingerprint density at radius 3 is 2.79 bits per heavy atom. The van der Waals surface area contributed by atoms with Gasteiger partial charge in [0.1, 0.15) is 11.3 Å². The minimum Gasteiger partial charge on any atom is -0.444 e. The summed E-state index contributed by atoms with van der Waals surface area (Å²) in [6.45, 7) is 8.45. The third kappa shape index (κ3) is 4.15. The molecule has 2 fully saturated rings. The smallest absolute Gasteiger partial charge is 0.410 e. The zero-order valence-corrected chi connectivity index (χ0v) is 21.7. The summed E-state index contributed by atoms with van der Waals surface area (Å²) in [4.78, 5) is 37.0. The first-order valence-corrected chi connectivity index (χ1v) is 12.9. The maximum absolute atomic E-state index is 14.8. The minimum absolute atomic E-state index is 0.00283. The van der Waals surface area contributed by atoms with Crippen molar-refractivity contribution in [3.8, 4) is 10.6 Å². The number of thiophene rings is 1. The molecule has 3 unspecified atom stereocenters. The standard InChI is InChI=1S/C23H29FN5O3PS/c1-11-15-18(23(6-7-23)28-19(15)30)34-17(11)16-12(24)9-25-20(27-16)26-13-5-8-29(10-14(13)33)21(31)32-22(2,3)4/h9,13-14H,5-8,10,33H2,1-4H3,(H,28,30)(H,25,26,27). The zero-order valence-electron chi connectivity index (χ0n) is 19.7. The van der Waals surface area contributed by atoms with Crippen LogP contribution in [0, 0.1) is 12.7 Å². The fourth-order valence-corrected chi connectivity index (χ4v) is 6.62. The van der Waals surface area contributed by atoms with Crippen molar-refractivity contribution in [1.82, 2.24) is 20.2 Å². The average molecular weight is 506 g/mol. The quantitative estimate of drug-likeness (QED) is 0.611. The Kier molecular flexibility index (Phi) is 5.60. The summed E-state index contributed by atoms with van der Waals surface area (Å²) < 4.78 is 20.3. The summed E-state index contributed by atoms with van der Waals surface area (Å²) in [6, 6.07) is -0.00283. The molecule has 0 bridgehead atoms. The average Bonchev–Trinajstić information content (AvgIpc) is 3.35.